The maximum absolute atomic E-state index is 12.1. The van der Waals surface area contributed by atoms with E-state index in [1.807, 2.05) is 0 Å². The minimum Gasteiger partial charge on any atom is -0.477 e. The normalized spacial score (nSPS) is 25.4. The molecule has 2 amide bonds. The van der Waals surface area contributed by atoms with Gasteiger partial charge in [0.2, 0.25) is 0 Å². The Morgan fingerprint density at radius 3 is 2.71 bits per heavy atom. The third kappa shape index (κ3) is 3.56. The van der Waals surface area contributed by atoms with E-state index in [9.17, 15) is 9.59 Å². The summed E-state index contributed by atoms with van der Waals surface area (Å²) in [7, 11) is 0. The van der Waals surface area contributed by atoms with Crippen molar-refractivity contribution < 1.29 is 14.7 Å². The Morgan fingerprint density at radius 1 is 1.33 bits per heavy atom. The molecule has 0 aliphatic heterocycles. The molecule has 0 spiro atoms. The summed E-state index contributed by atoms with van der Waals surface area (Å²) in [6, 6.07) is 1.42. The number of nitrogens with one attached hydrogen (secondary N) is 3. The molecule has 0 bridgehead atoms. The first-order valence-corrected chi connectivity index (χ1v) is 7.39. The Bertz CT molecular complexity index is 538. The molecule has 21 heavy (non-hydrogen) atoms. The maximum atomic E-state index is 12.1. The van der Waals surface area contributed by atoms with E-state index >= 15 is 0 Å². The average Bonchev–Trinajstić information content (AvgIpc) is 2.76. The lowest BCUT2D eigenvalue weighted by atomic mass is 9.78. The van der Waals surface area contributed by atoms with Gasteiger partial charge in [0.05, 0.1) is 5.69 Å². The van der Waals surface area contributed by atoms with Gasteiger partial charge in [0.1, 0.15) is 5.69 Å². The van der Waals surface area contributed by atoms with Crippen LogP contribution in [0.4, 0.5) is 10.5 Å². The summed E-state index contributed by atoms with van der Waals surface area (Å²) in [5.74, 6) is -0.0670. The van der Waals surface area contributed by atoms with Gasteiger partial charge in [-0.1, -0.05) is 26.7 Å². The molecule has 1 aromatic heterocycles. The fourth-order valence-electron chi connectivity index (χ4n) is 2.97. The summed E-state index contributed by atoms with van der Waals surface area (Å²) in [4.78, 5) is 25.9. The van der Waals surface area contributed by atoms with Crippen LogP contribution in [-0.2, 0) is 0 Å². The molecule has 1 aliphatic rings. The number of hydrogen-bond donors (Lipinski definition) is 4. The second-order valence-electron chi connectivity index (χ2n) is 6.02. The standard InChI is InChI=1S/C15H23N3O3/c1-8-5-4-6-11(10(8)3)17-15(21)18-12-7-9(2)16-13(12)14(19)20/h7-8,10-11,16H,4-6H2,1-3H3,(H,19,20)(H2,17,18,21). The fraction of sp³-hybridized carbons (Fsp3) is 0.600. The molecule has 6 nitrogen and oxygen atoms in total. The molecule has 1 aromatic rings. The highest BCUT2D eigenvalue weighted by Crippen LogP contribution is 2.29. The maximum Gasteiger partial charge on any atom is 0.354 e. The summed E-state index contributed by atoms with van der Waals surface area (Å²) in [6.07, 6.45) is 3.28. The van der Waals surface area contributed by atoms with Crippen LogP contribution in [0.5, 0.6) is 0 Å². The van der Waals surface area contributed by atoms with Crippen molar-refractivity contribution >= 4 is 17.7 Å². The Morgan fingerprint density at radius 2 is 2.05 bits per heavy atom. The Balaban J connectivity index is 2.00. The van der Waals surface area contributed by atoms with Crippen LogP contribution in [0.25, 0.3) is 0 Å². The van der Waals surface area contributed by atoms with Crippen molar-refractivity contribution in [3.05, 3.63) is 17.5 Å². The van der Waals surface area contributed by atoms with E-state index in [2.05, 4.69) is 29.5 Å². The van der Waals surface area contributed by atoms with E-state index in [1.54, 1.807) is 13.0 Å². The quantitative estimate of drug-likeness (QED) is 0.690. The van der Waals surface area contributed by atoms with Gasteiger partial charge in [-0.2, -0.15) is 0 Å². The molecular weight excluding hydrogens is 270 g/mol. The summed E-state index contributed by atoms with van der Waals surface area (Å²) in [5, 5.41) is 14.7. The molecule has 4 N–H and O–H groups in total. The van der Waals surface area contributed by atoms with Gasteiger partial charge in [-0.05, 0) is 31.2 Å². The highest BCUT2D eigenvalue weighted by molar-refractivity contribution is 5.99. The van der Waals surface area contributed by atoms with Gasteiger partial charge in [-0.25, -0.2) is 9.59 Å². The first-order valence-electron chi connectivity index (χ1n) is 7.39. The molecular formula is C15H23N3O3. The largest absolute Gasteiger partial charge is 0.477 e. The predicted molar refractivity (Wildman–Crippen MR) is 80.6 cm³/mol. The number of aromatic carboxylic acids is 1. The van der Waals surface area contributed by atoms with E-state index in [1.165, 1.54) is 6.42 Å². The van der Waals surface area contributed by atoms with Crippen molar-refractivity contribution in [1.82, 2.24) is 10.3 Å². The number of rotatable bonds is 3. The molecule has 1 fully saturated rings. The topological polar surface area (TPSA) is 94.2 Å². The van der Waals surface area contributed by atoms with Crippen LogP contribution in [0.3, 0.4) is 0 Å². The summed E-state index contributed by atoms with van der Waals surface area (Å²) < 4.78 is 0. The van der Waals surface area contributed by atoms with Gasteiger partial charge in [0, 0.05) is 11.7 Å². The van der Waals surface area contributed by atoms with E-state index in [0.29, 0.717) is 23.2 Å². The van der Waals surface area contributed by atoms with E-state index in [-0.39, 0.29) is 17.8 Å². The second kappa shape index (κ2) is 6.20. The Hall–Kier alpha value is -1.98. The van der Waals surface area contributed by atoms with Crippen LogP contribution in [0.1, 0.15) is 49.3 Å². The van der Waals surface area contributed by atoms with Crippen LogP contribution >= 0.6 is 0 Å². The van der Waals surface area contributed by atoms with Gasteiger partial charge in [-0.15, -0.1) is 0 Å². The van der Waals surface area contributed by atoms with Gasteiger partial charge < -0.3 is 20.7 Å². The zero-order valence-electron chi connectivity index (χ0n) is 12.7. The number of carbonyl (C=O) groups is 2. The second-order valence-corrected chi connectivity index (χ2v) is 6.02. The molecule has 0 aromatic carbocycles. The molecule has 1 heterocycles. The zero-order valence-corrected chi connectivity index (χ0v) is 12.7. The number of carbonyl (C=O) groups excluding carboxylic acids is 1. The number of amides is 2. The number of carboxylic acids is 1. The predicted octanol–water partition coefficient (Wildman–Crippen LogP) is 2.97. The van der Waals surface area contributed by atoms with Crippen LogP contribution < -0.4 is 10.6 Å². The fourth-order valence-corrected chi connectivity index (χ4v) is 2.97. The van der Waals surface area contributed by atoms with Crippen LogP contribution in [0.15, 0.2) is 6.07 Å². The smallest absolute Gasteiger partial charge is 0.354 e. The van der Waals surface area contributed by atoms with Gasteiger partial charge in [-0.3, -0.25) is 0 Å². The van der Waals surface area contributed by atoms with Crippen molar-refractivity contribution in [2.75, 3.05) is 5.32 Å². The lowest BCUT2D eigenvalue weighted by Crippen LogP contribution is -2.45. The monoisotopic (exact) mass is 293 g/mol. The van der Waals surface area contributed by atoms with Crippen molar-refractivity contribution in [3.8, 4) is 0 Å². The number of hydrogen-bond acceptors (Lipinski definition) is 2. The number of anilines is 1. The number of H-pyrrole nitrogens is 1. The molecule has 6 heteroatoms. The van der Waals surface area contributed by atoms with Crippen LogP contribution in [0.2, 0.25) is 0 Å². The number of urea groups is 1. The number of aromatic amines is 1. The molecule has 1 aliphatic carbocycles. The van der Waals surface area contributed by atoms with Crippen molar-refractivity contribution in [3.63, 3.8) is 0 Å². The van der Waals surface area contributed by atoms with E-state index < -0.39 is 5.97 Å². The summed E-state index contributed by atoms with van der Waals surface area (Å²) in [6.45, 7) is 6.10. The van der Waals surface area contributed by atoms with Crippen molar-refractivity contribution in [2.45, 2.75) is 46.1 Å². The molecule has 116 valence electrons. The number of carboxylic acid groups (broad SMARTS) is 1. The van der Waals surface area contributed by atoms with Gasteiger partial charge in [0.15, 0.2) is 0 Å². The van der Waals surface area contributed by atoms with Crippen molar-refractivity contribution in [2.24, 2.45) is 11.8 Å². The van der Waals surface area contributed by atoms with Crippen molar-refractivity contribution in [1.29, 1.82) is 0 Å². The van der Waals surface area contributed by atoms with E-state index in [4.69, 9.17) is 5.11 Å². The number of aromatic nitrogens is 1. The third-order valence-corrected chi connectivity index (χ3v) is 4.44. The summed E-state index contributed by atoms with van der Waals surface area (Å²) >= 11 is 0. The molecule has 0 saturated heterocycles. The zero-order chi connectivity index (χ0) is 15.6. The lowest BCUT2D eigenvalue weighted by Gasteiger charge is -2.34. The van der Waals surface area contributed by atoms with E-state index in [0.717, 1.165) is 12.8 Å². The lowest BCUT2D eigenvalue weighted by molar-refractivity contribution is 0.0692. The van der Waals surface area contributed by atoms with Gasteiger partial charge >= 0.3 is 12.0 Å². The van der Waals surface area contributed by atoms with Crippen LogP contribution in [0, 0.1) is 18.8 Å². The minimum absolute atomic E-state index is 0.00714. The Kier molecular flexibility index (Phi) is 4.55. The first-order chi connectivity index (χ1) is 9.88. The first kappa shape index (κ1) is 15.4. The number of aryl methyl sites for hydroxylation is 1. The Labute approximate surface area is 124 Å². The highest BCUT2D eigenvalue weighted by Gasteiger charge is 2.28. The molecule has 3 atom stereocenters. The SMILES string of the molecule is Cc1cc(NC(=O)NC2CCCC(C)C2C)c(C(=O)O)[nH]1. The van der Waals surface area contributed by atoms with Gasteiger partial charge in [0.25, 0.3) is 0 Å². The third-order valence-electron chi connectivity index (χ3n) is 4.44. The molecule has 3 unspecified atom stereocenters. The average molecular weight is 293 g/mol. The van der Waals surface area contributed by atoms with Crippen LogP contribution in [-0.4, -0.2) is 28.1 Å². The minimum atomic E-state index is -1.09. The molecule has 1 saturated carbocycles. The molecule has 2 rings (SSSR count). The highest BCUT2D eigenvalue weighted by atomic mass is 16.4. The molecule has 0 radical (unpaired) electrons. The summed E-state index contributed by atoms with van der Waals surface area (Å²) in [5.41, 5.74) is 1.00.